The van der Waals surface area contributed by atoms with Crippen molar-refractivity contribution in [1.82, 2.24) is 9.97 Å². The predicted molar refractivity (Wildman–Crippen MR) is 96.9 cm³/mol. The maximum atomic E-state index is 11.6. The number of nitrogens with one attached hydrogen (secondary N) is 2. The minimum Gasteiger partial charge on any atom is -0.366 e. The van der Waals surface area contributed by atoms with Crippen molar-refractivity contribution in [3.63, 3.8) is 0 Å². The quantitative estimate of drug-likeness (QED) is 0.865. The summed E-state index contributed by atoms with van der Waals surface area (Å²) in [5.41, 5.74) is 1.92. The molecule has 0 radical (unpaired) electrons. The van der Waals surface area contributed by atoms with Crippen molar-refractivity contribution in [2.75, 3.05) is 22.1 Å². The third-order valence-corrected chi connectivity index (χ3v) is 5.89. The highest BCUT2D eigenvalue weighted by Crippen LogP contribution is 2.25. The summed E-state index contributed by atoms with van der Waals surface area (Å²) in [6, 6.07) is 7.27. The number of sulfone groups is 1. The molecule has 2 N–H and O–H groups in total. The van der Waals surface area contributed by atoms with E-state index in [0.717, 1.165) is 11.3 Å². The number of aryl methyl sites for hydroxylation is 2. The standard InChI is InChI=1S/C16H19ClN4O2S/c1-10-3-4-12(17)7-14(10)21-16-8-15(18-11(2)19-16)20-13-5-6-24(22,23)9-13/h3-4,7-8,13H,5-6,9H2,1-2H3,(H2,18,19,20,21). The first kappa shape index (κ1) is 17.0. The van der Waals surface area contributed by atoms with Crippen molar-refractivity contribution in [3.8, 4) is 0 Å². The van der Waals surface area contributed by atoms with Gasteiger partial charge in [0.15, 0.2) is 9.84 Å². The molecular weight excluding hydrogens is 348 g/mol. The molecular formula is C16H19ClN4O2S. The van der Waals surface area contributed by atoms with Crippen molar-refractivity contribution in [1.29, 1.82) is 0 Å². The molecule has 0 amide bonds. The van der Waals surface area contributed by atoms with E-state index in [1.807, 2.05) is 25.1 Å². The third-order valence-electron chi connectivity index (χ3n) is 3.88. The summed E-state index contributed by atoms with van der Waals surface area (Å²) in [5, 5.41) is 7.08. The van der Waals surface area contributed by atoms with Crippen molar-refractivity contribution in [2.45, 2.75) is 26.3 Å². The Morgan fingerprint density at radius 1 is 1.17 bits per heavy atom. The first-order valence-electron chi connectivity index (χ1n) is 7.66. The Hall–Kier alpha value is -1.86. The Labute approximate surface area is 146 Å². The molecule has 1 fully saturated rings. The lowest BCUT2D eigenvalue weighted by atomic mass is 10.2. The molecule has 0 aliphatic carbocycles. The van der Waals surface area contributed by atoms with Gasteiger partial charge in [-0.05, 0) is 38.0 Å². The number of hydrogen-bond donors (Lipinski definition) is 2. The smallest absolute Gasteiger partial charge is 0.152 e. The SMILES string of the molecule is Cc1nc(Nc2cc(Cl)ccc2C)cc(NC2CCS(=O)(=O)C2)n1. The van der Waals surface area contributed by atoms with Crippen LogP contribution in [0.25, 0.3) is 0 Å². The van der Waals surface area contributed by atoms with Crippen LogP contribution >= 0.6 is 11.6 Å². The molecule has 8 heteroatoms. The van der Waals surface area contributed by atoms with Crippen LogP contribution in [0.3, 0.4) is 0 Å². The average Bonchev–Trinajstić information content (AvgIpc) is 2.81. The van der Waals surface area contributed by atoms with E-state index in [4.69, 9.17) is 11.6 Å². The van der Waals surface area contributed by atoms with E-state index in [0.29, 0.717) is 28.9 Å². The molecule has 0 bridgehead atoms. The van der Waals surface area contributed by atoms with Crippen molar-refractivity contribution >= 4 is 38.8 Å². The lowest BCUT2D eigenvalue weighted by Crippen LogP contribution is -2.21. The van der Waals surface area contributed by atoms with Crippen LogP contribution in [0, 0.1) is 13.8 Å². The fourth-order valence-electron chi connectivity index (χ4n) is 2.69. The van der Waals surface area contributed by atoms with Crippen LogP contribution in [-0.4, -0.2) is 35.9 Å². The lowest BCUT2D eigenvalue weighted by Gasteiger charge is -2.14. The molecule has 0 spiro atoms. The second-order valence-electron chi connectivity index (χ2n) is 6.01. The molecule has 1 unspecified atom stereocenters. The van der Waals surface area contributed by atoms with Crippen LogP contribution in [0.2, 0.25) is 5.02 Å². The largest absolute Gasteiger partial charge is 0.366 e. The van der Waals surface area contributed by atoms with E-state index in [1.165, 1.54) is 0 Å². The lowest BCUT2D eigenvalue weighted by molar-refractivity contribution is 0.602. The van der Waals surface area contributed by atoms with Crippen molar-refractivity contribution < 1.29 is 8.42 Å². The molecule has 0 saturated carbocycles. The Morgan fingerprint density at radius 3 is 2.62 bits per heavy atom. The van der Waals surface area contributed by atoms with E-state index in [2.05, 4.69) is 20.6 Å². The van der Waals surface area contributed by atoms with Gasteiger partial charge in [-0.2, -0.15) is 0 Å². The molecule has 1 saturated heterocycles. The second-order valence-corrected chi connectivity index (χ2v) is 8.68. The highest BCUT2D eigenvalue weighted by Gasteiger charge is 2.28. The highest BCUT2D eigenvalue weighted by molar-refractivity contribution is 7.91. The Morgan fingerprint density at radius 2 is 1.92 bits per heavy atom. The van der Waals surface area contributed by atoms with Crippen LogP contribution in [0.4, 0.5) is 17.3 Å². The summed E-state index contributed by atoms with van der Waals surface area (Å²) in [6.07, 6.45) is 0.599. The van der Waals surface area contributed by atoms with Crippen LogP contribution in [0.15, 0.2) is 24.3 Å². The number of nitrogens with zero attached hydrogens (tertiary/aromatic N) is 2. The second kappa shape index (κ2) is 6.57. The maximum Gasteiger partial charge on any atom is 0.152 e. The molecule has 128 valence electrons. The van der Waals surface area contributed by atoms with Crippen molar-refractivity contribution in [2.24, 2.45) is 0 Å². The average molecular weight is 367 g/mol. The number of halogens is 1. The van der Waals surface area contributed by atoms with Gasteiger partial charge in [0.1, 0.15) is 17.5 Å². The first-order chi connectivity index (χ1) is 11.3. The molecule has 1 aromatic heterocycles. The molecule has 6 nitrogen and oxygen atoms in total. The zero-order valence-corrected chi connectivity index (χ0v) is 15.1. The van der Waals surface area contributed by atoms with Gasteiger partial charge in [0.25, 0.3) is 0 Å². The van der Waals surface area contributed by atoms with Crippen molar-refractivity contribution in [3.05, 3.63) is 40.7 Å². The van der Waals surface area contributed by atoms with Gasteiger partial charge in [0, 0.05) is 22.8 Å². The van der Waals surface area contributed by atoms with E-state index < -0.39 is 9.84 Å². The maximum absolute atomic E-state index is 11.6. The number of anilines is 3. The van der Waals surface area contributed by atoms with Crippen LogP contribution in [-0.2, 0) is 9.84 Å². The fraction of sp³-hybridized carbons (Fsp3) is 0.375. The monoisotopic (exact) mass is 366 g/mol. The van der Waals surface area contributed by atoms with Gasteiger partial charge >= 0.3 is 0 Å². The summed E-state index contributed by atoms with van der Waals surface area (Å²) >= 11 is 6.04. The van der Waals surface area contributed by atoms with Crippen LogP contribution < -0.4 is 10.6 Å². The number of benzene rings is 1. The van der Waals surface area contributed by atoms with Crippen LogP contribution in [0.5, 0.6) is 0 Å². The number of aromatic nitrogens is 2. The minimum atomic E-state index is -2.93. The summed E-state index contributed by atoms with van der Waals surface area (Å²) in [5.74, 6) is 2.22. The molecule has 2 aromatic rings. The first-order valence-corrected chi connectivity index (χ1v) is 9.86. The zero-order chi connectivity index (χ0) is 17.3. The zero-order valence-electron chi connectivity index (χ0n) is 13.5. The normalized spacial score (nSPS) is 19.2. The van der Waals surface area contributed by atoms with E-state index in [9.17, 15) is 8.42 Å². The van der Waals surface area contributed by atoms with E-state index >= 15 is 0 Å². The summed E-state index contributed by atoms with van der Waals surface area (Å²) in [4.78, 5) is 8.72. The van der Waals surface area contributed by atoms with E-state index in [-0.39, 0.29) is 17.5 Å². The highest BCUT2D eigenvalue weighted by atomic mass is 35.5. The molecule has 1 aliphatic rings. The Bertz CT molecular complexity index is 870. The minimum absolute atomic E-state index is 0.106. The van der Waals surface area contributed by atoms with Gasteiger partial charge in [-0.3, -0.25) is 0 Å². The van der Waals surface area contributed by atoms with Gasteiger partial charge < -0.3 is 10.6 Å². The summed E-state index contributed by atoms with van der Waals surface area (Å²) < 4.78 is 23.2. The van der Waals surface area contributed by atoms with Gasteiger partial charge in [0.05, 0.1) is 11.5 Å². The molecule has 1 atom stereocenters. The predicted octanol–water partition coefficient (Wildman–Crippen LogP) is 3.09. The fourth-order valence-corrected chi connectivity index (χ4v) is 4.54. The number of rotatable bonds is 4. The van der Waals surface area contributed by atoms with E-state index in [1.54, 1.807) is 13.0 Å². The van der Waals surface area contributed by atoms with Gasteiger partial charge in [-0.25, -0.2) is 18.4 Å². The van der Waals surface area contributed by atoms with Gasteiger partial charge in [-0.1, -0.05) is 17.7 Å². The Balaban J connectivity index is 1.80. The topological polar surface area (TPSA) is 84.0 Å². The van der Waals surface area contributed by atoms with Crippen LogP contribution in [0.1, 0.15) is 17.8 Å². The molecule has 3 rings (SSSR count). The Kier molecular flexibility index (Phi) is 4.64. The van der Waals surface area contributed by atoms with Gasteiger partial charge in [0.2, 0.25) is 0 Å². The third kappa shape index (κ3) is 4.15. The van der Waals surface area contributed by atoms with Gasteiger partial charge in [-0.15, -0.1) is 0 Å². The summed E-state index contributed by atoms with van der Waals surface area (Å²) in [6.45, 7) is 3.78. The molecule has 24 heavy (non-hydrogen) atoms. The molecule has 1 aliphatic heterocycles. The molecule has 1 aromatic carbocycles. The molecule has 2 heterocycles. The summed E-state index contributed by atoms with van der Waals surface area (Å²) in [7, 11) is -2.93. The number of hydrogen-bond acceptors (Lipinski definition) is 6.